The van der Waals surface area contributed by atoms with E-state index in [1.54, 1.807) is 24.3 Å². The fourth-order valence-electron chi connectivity index (χ4n) is 8.27. The molecule has 2 fully saturated rings. The lowest BCUT2D eigenvalue weighted by atomic mass is 9.94. The summed E-state index contributed by atoms with van der Waals surface area (Å²) >= 11 is 0. The zero-order valence-electron chi connectivity index (χ0n) is 35.3. The van der Waals surface area contributed by atoms with Crippen molar-refractivity contribution in [1.29, 1.82) is 0 Å². The van der Waals surface area contributed by atoms with Crippen LogP contribution in [0.5, 0.6) is 0 Å². The van der Waals surface area contributed by atoms with Gasteiger partial charge in [0.05, 0.1) is 57.4 Å². The highest BCUT2D eigenvalue weighted by Crippen LogP contribution is 2.38. The Morgan fingerprint density at radius 2 is 1.00 bits per heavy atom. The molecule has 334 valence electrons. The Labute approximate surface area is 372 Å². The average molecular weight is 872 g/mol. The van der Waals surface area contributed by atoms with Gasteiger partial charge >= 0.3 is 0 Å². The first kappa shape index (κ1) is 45.2. The Morgan fingerprint density at radius 3 is 1.50 bits per heavy atom. The number of nitrogens with zero attached hydrogens (tertiary/aromatic N) is 1. The van der Waals surface area contributed by atoms with Crippen LogP contribution in [0, 0.1) is 0 Å². The number of aliphatic hydroxyl groups is 2. The number of imide groups is 1. The van der Waals surface area contributed by atoms with Crippen molar-refractivity contribution in [3.8, 4) is 0 Å². The summed E-state index contributed by atoms with van der Waals surface area (Å²) in [6, 6.07) is 43.8. The quantitative estimate of drug-likeness (QED) is 0.0696. The number of rotatable bonds is 20. The van der Waals surface area contributed by atoms with Gasteiger partial charge in [0.1, 0.15) is 48.8 Å². The molecule has 13 heteroatoms. The third-order valence-corrected chi connectivity index (χ3v) is 11.5. The van der Waals surface area contributed by atoms with E-state index >= 15 is 0 Å². The number of carbonyl (C=O) groups excluding carboxylic acids is 2. The number of hydrogen-bond acceptors (Lipinski definition) is 12. The van der Waals surface area contributed by atoms with E-state index in [1.165, 1.54) is 6.08 Å². The van der Waals surface area contributed by atoms with E-state index in [9.17, 15) is 19.8 Å². The number of aliphatic hydroxyl groups excluding tert-OH is 2. The van der Waals surface area contributed by atoms with Crippen molar-refractivity contribution in [2.24, 2.45) is 0 Å². The first-order chi connectivity index (χ1) is 31.4. The summed E-state index contributed by atoms with van der Waals surface area (Å²) in [5.74, 6) is -1.26. The van der Waals surface area contributed by atoms with Gasteiger partial charge in [0.15, 0.2) is 12.6 Å². The number of amides is 2. The molecule has 2 amide bonds. The molecule has 2 saturated heterocycles. The van der Waals surface area contributed by atoms with E-state index in [-0.39, 0.29) is 50.8 Å². The van der Waals surface area contributed by atoms with Crippen LogP contribution < -0.4 is 0 Å². The molecular formula is C51H53NO12. The minimum absolute atomic E-state index is 0.0211. The third kappa shape index (κ3) is 10.6. The van der Waals surface area contributed by atoms with Gasteiger partial charge in [-0.05, 0) is 34.4 Å². The molecule has 0 bridgehead atoms. The molecule has 0 unspecified atom stereocenters. The van der Waals surface area contributed by atoms with Crippen LogP contribution in [0.4, 0.5) is 0 Å². The second-order valence-corrected chi connectivity index (χ2v) is 15.8. The van der Waals surface area contributed by atoms with Crippen LogP contribution in [0.15, 0.2) is 158 Å². The van der Waals surface area contributed by atoms with E-state index < -0.39 is 79.8 Å². The van der Waals surface area contributed by atoms with Crippen LogP contribution in [0.2, 0.25) is 0 Å². The SMILES string of the molecule is C=CCO[C@H]1O[C@H](CO)[C@@H](O)[C@@H](O[C@H]2O[C@H](COCc3ccccc3)[C@@H](OCc3ccccc3)[C@H](OCc3ccccc3)[C@H]2OCc2ccccc2)[C@H]1N1C(=O)c2ccccc2C1=O. The minimum Gasteiger partial charge on any atom is -0.394 e. The lowest BCUT2D eigenvalue weighted by molar-refractivity contribution is -0.362. The third-order valence-electron chi connectivity index (χ3n) is 11.5. The number of benzene rings is 5. The Balaban J connectivity index is 1.20. The monoisotopic (exact) mass is 871 g/mol. The topological polar surface area (TPSA) is 152 Å². The zero-order valence-corrected chi connectivity index (χ0v) is 35.3. The Hall–Kier alpha value is -5.42. The van der Waals surface area contributed by atoms with Crippen LogP contribution in [0.1, 0.15) is 43.0 Å². The largest absolute Gasteiger partial charge is 0.394 e. The number of hydrogen-bond donors (Lipinski definition) is 2. The molecule has 0 spiro atoms. The summed E-state index contributed by atoms with van der Waals surface area (Å²) in [5.41, 5.74) is 3.96. The van der Waals surface area contributed by atoms with Crippen molar-refractivity contribution < 1.29 is 57.7 Å². The summed E-state index contributed by atoms with van der Waals surface area (Å²) in [4.78, 5) is 29.4. The van der Waals surface area contributed by atoms with Crippen molar-refractivity contribution in [3.05, 3.63) is 192 Å². The standard InChI is InChI=1S/C51H53NO12/c1-2-27-58-50-42(52-48(55)38-25-15-16-26-39(38)49(52)56)45(43(54)40(28-53)62-50)64-51-47(61-32-37-23-13-6-14-24-37)46(60-31-36-21-11-5-12-22-36)44(59-30-35-19-9-4-10-20-35)41(63-51)33-57-29-34-17-7-3-8-18-34/h2-26,40-47,50-51,53-54H,1,27-33H2/t40-,41-,42-,43-,44-,45+,46+,47-,50+,51-/m1/s1. The van der Waals surface area contributed by atoms with Gasteiger partial charge in [0.25, 0.3) is 11.8 Å². The minimum atomic E-state index is -1.61. The molecule has 3 aliphatic heterocycles. The molecule has 8 rings (SSSR count). The highest BCUT2D eigenvalue weighted by molar-refractivity contribution is 6.21. The van der Waals surface area contributed by atoms with Gasteiger partial charge in [-0.1, -0.05) is 140 Å². The van der Waals surface area contributed by atoms with Gasteiger partial charge in [0.2, 0.25) is 0 Å². The predicted octanol–water partition coefficient (Wildman–Crippen LogP) is 6.02. The second kappa shape index (κ2) is 22.0. The van der Waals surface area contributed by atoms with E-state index in [4.69, 9.17) is 37.9 Å². The highest BCUT2D eigenvalue weighted by Gasteiger charge is 2.57. The molecule has 64 heavy (non-hydrogen) atoms. The zero-order chi connectivity index (χ0) is 44.3. The predicted molar refractivity (Wildman–Crippen MR) is 233 cm³/mol. The van der Waals surface area contributed by atoms with Gasteiger partial charge < -0.3 is 48.1 Å². The lowest BCUT2D eigenvalue weighted by Crippen LogP contribution is -2.69. The van der Waals surface area contributed by atoms with Crippen molar-refractivity contribution in [1.82, 2.24) is 4.90 Å². The number of fused-ring (bicyclic) bond motifs is 1. The Morgan fingerprint density at radius 1 is 0.547 bits per heavy atom. The van der Waals surface area contributed by atoms with Gasteiger partial charge in [0, 0.05) is 0 Å². The van der Waals surface area contributed by atoms with Crippen LogP contribution in [0.25, 0.3) is 0 Å². The first-order valence-electron chi connectivity index (χ1n) is 21.5. The summed E-state index contributed by atoms with van der Waals surface area (Å²) in [6.45, 7) is 3.82. The van der Waals surface area contributed by atoms with E-state index in [2.05, 4.69) is 6.58 Å². The molecule has 0 aliphatic carbocycles. The van der Waals surface area contributed by atoms with E-state index in [1.807, 2.05) is 121 Å². The fraction of sp³-hybridized carbons (Fsp3) is 0.333. The van der Waals surface area contributed by atoms with Crippen LogP contribution in [-0.4, -0.2) is 108 Å². The van der Waals surface area contributed by atoms with Gasteiger partial charge in [-0.15, -0.1) is 6.58 Å². The van der Waals surface area contributed by atoms with Crippen LogP contribution >= 0.6 is 0 Å². The highest BCUT2D eigenvalue weighted by atomic mass is 16.7. The van der Waals surface area contributed by atoms with Gasteiger partial charge in [-0.3, -0.25) is 14.5 Å². The molecule has 0 aromatic heterocycles. The maximum atomic E-state index is 14.2. The first-order valence-corrected chi connectivity index (χ1v) is 21.5. The normalized spacial score (nSPS) is 26.8. The molecule has 3 heterocycles. The van der Waals surface area contributed by atoms with Crippen molar-refractivity contribution in [3.63, 3.8) is 0 Å². The molecule has 0 saturated carbocycles. The van der Waals surface area contributed by atoms with Crippen LogP contribution in [0.3, 0.4) is 0 Å². The summed E-state index contributed by atoms with van der Waals surface area (Å²) < 4.78 is 52.9. The van der Waals surface area contributed by atoms with Crippen molar-refractivity contribution >= 4 is 11.8 Å². The summed E-state index contributed by atoms with van der Waals surface area (Å²) in [5, 5.41) is 22.7. The Kier molecular flexibility index (Phi) is 15.5. The molecule has 5 aromatic rings. The van der Waals surface area contributed by atoms with E-state index in [0.29, 0.717) is 0 Å². The van der Waals surface area contributed by atoms with Crippen molar-refractivity contribution in [2.45, 2.75) is 87.8 Å². The molecule has 3 aliphatic rings. The molecule has 2 N–H and O–H groups in total. The molecular weight excluding hydrogens is 819 g/mol. The van der Waals surface area contributed by atoms with E-state index in [0.717, 1.165) is 27.2 Å². The second-order valence-electron chi connectivity index (χ2n) is 15.8. The molecule has 10 atom stereocenters. The summed E-state index contributed by atoms with van der Waals surface area (Å²) in [6.07, 6.45) is -9.18. The van der Waals surface area contributed by atoms with Crippen LogP contribution in [-0.2, 0) is 64.3 Å². The molecule has 5 aromatic carbocycles. The number of ether oxygens (including phenoxy) is 8. The Bertz CT molecular complexity index is 2210. The van der Waals surface area contributed by atoms with Gasteiger partial charge in [-0.2, -0.15) is 0 Å². The van der Waals surface area contributed by atoms with Crippen molar-refractivity contribution in [2.75, 3.05) is 19.8 Å². The maximum Gasteiger partial charge on any atom is 0.262 e. The molecule has 0 radical (unpaired) electrons. The summed E-state index contributed by atoms with van der Waals surface area (Å²) in [7, 11) is 0. The van der Waals surface area contributed by atoms with Gasteiger partial charge in [-0.25, -0.2) is 0 Å². The lowest BCUT2D eigenvalue weighted by Gasteiger charge is -2.50. The smallest absolute Gasteiger partial charge is 0.262 e. The molecule has 13 nitrogen and oxygen atoms in total. The average Bonchev–Trinajstić information content (AvgIpc) is 3.59. The number of carbonyl (C=O) groups is 2. The fourth-order valence-corrected chi connectivity index (χ4v) is 8.27. The maximum absolute atomic E-state index is 14.2.